The molecule has 2 aromatic rings. The van der Waals surface area contributed by atoms with Crippen molar-refractivity contribution in [1.29, 1.82) is 0 Å². The van der Waals surface area contributed by atoms with E-state index in [1.165, 1.54) is 0 Å². The topological polar surface area (TPSA) is 32.3 Å². The van der Waals surface area contributed by atoms with Crippen LogP contribution in [-0.2, 0) is 6.54 Å². The Morgan fingerprint density at radius 2 is 1.91 bits per heavy atom. The molecular formula is C18H21ClN2O. The fraction of sp³-hybridized carbons (Fsp3) is 0.278. The van der Waals surface area contributed by atoms with Crippen LogP contribution in [0.5, 0.6) is 0 Å². The van der Waals surface area contributed by atoms with Gasteiger partial charge in [-0.25, -0.2) is 4.79 Å². The predicted molar refractivity (Wildman–Crippen MR) is 92.2 cm³/mol. The smallest absolute Gasteiger partial charge is 0.320 e. The van der Waals surface area contributed by atoms with Gasteiger partial charge >= 0.3 is 6.03 Å². The molecule has 0 heterocycles. The quantitative estimate of drug-likeness (QED) is 0.783. The zero-order chi connectivity index (χ0) is 15.8. The summed E-state index contributed by atoms with van der Waals surface area (Å²) in [5, 5.41) is 3.53. The Morgan fingerprint density at radius 1 is 1.14 bits per heavy atom. The fourth-order valence-electron chi connectivity index (χ4n) is 2.17. The number of nitrogens with zero attached hydrogens (tertiary/aromatic N) is 1. The lowest BCUT2D eigenvalue weighted by Crippen LogP contribution is -2.35. The van der Waals surface area contributed by atoms with E-state index in [4.69, 9.17) is 11.6 Å². The number of carbonyl (C=O) groups is 1. The number of halogens is 1. The van der Waals surface area contributed by atoms with Gasteiger partial charge in [-0.3, -0.25) is 0 Å². The first kappa shape index (κ1) is 16.4. The van der Waals surface area contributed by atoms with Gasteiger partial charge in [-0.15, -0.1) is 0 Å². The SMILES string of the molecule is CCCCN(Cc1ccccc1)C(=O)Nc1cccc(Cl)c1. The summed E-state index contributed by atoms with van der Waals surface area (Å²) in [6.07, 6.45) is 2.03. The van der Waals surface area contributed by atoms with Crippen LogP contribution in [0.1, 0.15) is 25.3 Å². The Labute approximate surface area is 136 Å². The molecule has 0 radical (unpaired) electrons. The number of benzene rings is 2. The molecule has 2 rings (SSSR count). The molecule has 0 saturated carbocycles. The van der Waals surface area contributed by atoms with Crippen molar-refractivity contribution in [3.63, 3.8) is 0 Å². The fourth-order valence-corrected chi connectivity index (χ4v) is 2.36. The maximum Gasteiger partial charge on any atom is 0.322 e. The van der Waals surface area contributed by atoms with E-state index < -0.39 is 0 Å². The minimum atomic E-state index is -0.0976. The molecule has 3 nitrogen and oxygen atoms in total. The molecule has 0 atom stereocenters. The molecule has 22 heavy (non-hydrogen) atoms. The zero-order valence-corrected chi connectivity index (χ0v) is 13.5. The Hall–Kier alpha value is -2.00. The molecule has 0 aromatic heterocycles. The van der Waals surface area contributed by atoms with Crippen LogP contribution >= 0.6 is 11.6 Å². The molecule has 0 bridgehead atoms. The van der Waals surface area contributed by atoms with E-state index in [2.05, 4.69) is 12.2 Å². The Bertz CT molecular complexity index is 601. The average molecular weight is 317 g/mol. The van der Waals surface area contributed by atoms with Crippen molar-refractivity contribution in [3.05, 3.63) is 65.2 Å². The van der Waals surface area contributed by atoms with Gasteiger partial charge in [-0.05, 0) is 30.2 Å². The predicted octanol–water partition coefficient (Wildman–Crippen LogP) is 5.17. The molecule has 0 aliphatic heterocycles. The van der Waals surface area contributed by atoms with Gasteiger partial charge in [0.05, 0.1) is 0 Å². The van der Waals surface area contributed by atoms with Crippen LogP contribution in [0.25, 0.3) is 0 Å². The molecular weight excluding hydrogens is 296 g/mol. The van der Waals surface area contributed by atoms with E-state index in [0.29, 0.717) is 17.3 Å². The molecule has 0 fully saturated rings. The Kier molecular flexibility index (Phi) is 6.28. The van der Waals surface area contributed by atoms with Gasteiger partial charge < -0.3 is 10.2 Å². The molecule has 0 spiro atoms. The van der Waals surface area contributed by atoms with Gasteiger partial charge in [0.1, 0.15) is 0 Å². The van der Waals surface area contributed by atoms with Crippen LogP contribution in [0.2, 0.25) is 5.02 Å². The number of carbonyl (C=O) groups excluding carboxylic acids is 1. The van der Waals surface area contributed by atoms with Crippen molar-refractivity contribution in [2.24, 2.45) is 0 Å². The van der Waals surface area contributed by atoms with Gasteiger partial charge in [0.15, 0.2) is 0 Å². The van der Waals surface area contributed by atoms with Crippen LogP contribution in [0.3, 0.4) is 0 Å². The lowest BCUT2D eigenvalue weighted by atomic mass is 10.2. The maximum atomic E-state index is 12.5. The van der Waals surface area contributed by atoms with Crippen LogP contribution in [0, 0.1) is 0 Å². The second kappa shape index (κ2) is 8.44. The minimum Gasteiger partial charge on any atom is -0.320 e. The van der Waals surface area contributed by atoms with Gasteiger partial charge in [0, 0.05) is 23.8 Å². The summed E-state index contributed by atoms with van der Waals surface area (Å²) in [5.41, 5.74) is 1.84. The summed E-state index contributed by atoms with van der Waals surface area (Å²) < 4.78 is 0. The highest BCUT2D eigenvalue weighted by Crippen LogP contribution is 2.16. The number of anilines is 1. The number of hydrogen-bond donors (Lipinski definition) is 1. The molecule has 2 amide bonds. The first-order valence-electron chi connectivity index (χ1n) is 7.54. The van der Waals surface area contributed by atoms with Gasteiger partial charge in [0.2, 0.25) is 0 Å². The van der Waals surface area contributed by atoms with Crippen molar-refractivity contribution in [3.8, 4) is 0 Å². The first-order valence-corrected chi connectivity index (χ1v) is 7.92. The normalized spacial score (nSPS) is 10.3. The van der Waals surface area contributed by atoms with Crippen LogP contribution in [0.15, 0.2) is 54.6 Å². The molecule has 2 aromatic carbocycles. The summed E-state index contributed by atoms with van der Waals surface area (Å²) in [6, 6.07) is 17.1. The largest absolute Gasteiger partial charge is 0.322 e. The highest BCUT2D eigenvalue weighted by molar-refractivity contribution is 6.30. The molecule has 1 N–H and O–H groups in total. The summed E-state index contributed by atoms with van der Waals surface area (Å²) in [4.78, 5) is 14.3. The molecule has 4 heteroatoms. The standard InChI is InChI=1S/C18H21ClN2O/c1-2-3-12-21(14-15-8-5-4-6-9-15)18(22)20-17-11-7-10-16(19)13-17/h4-11,13H,2-3,12,14H2,1H3,(H,20,22). The van der Waals surface area contributed by atoms with Crippen molar-refractivity contribution in [2.75, 3.05) is 11.9 Å². The number of unbranched alkanes of at least 4 members (excludes halogenated alkanes) is 1. The summed E-state index contributed by atoms with van der Waals surface area (Å²) in [5.74, 6) is 0. The van der Waals surface area contributed by atoms with E-state index in [1.54, 1.807) is 12.1 Å². The van der Waals surface area contributed by atoms with E-state index in [-0.39, 0.29) is 6.03 Å². The van der Waals surface area contributed by atoms with Crippen molar-refractivity contribution >= 4 is 23.3 Å². The van der Waals surface area contributed by atoms with Crippen LogP contribution in [0.4, 0.5) is 10.5 Å². The highest BCUT2D eigenvalue weighted by atomic mass is 35.5. The van der Waals surface area contributed by atoms with E-state index in [0.717, 1.165) is 24.9 Å². The van der Waals surface area contributed by atoms with Gasteiger partial charge in [-0.1, -0.05) is 61.3 Å². The Morgan fingerprint density at radius 3 is 2.59 bits per heavy atom. The number of urea groups is 1. The third-order valence-electron chi connectivity index (χ3n) is 3.36. The third-order valence-corrected chi connectivity index (χ3v) is 3.60. The van der Waals surface area contributed by atoms with E-state index in [1.807, 2.05) is 47.4 Å². The van der Waals surface area contributed by atoms with Gasteiger partial charge in [0.25, 0.3) is 0 Å². The zero-order valence-electron chi connectivity index (χ0n) is 12.8. The summed E-state index contributed by atoms with van der Waals surface area (Å²) in [7, 11) is 0. The summed E-state index contributed by atoms with van der Waals surface area (Å²) in [6.45, 7) is 3.46. The first-order chi connectivity index (χ1) is 10.7. The molecule has 116 valence electrons. The lowest BCUT2D eigenvalue weighted by molar-refractivity contribution is 0.208. The monoisotopic (exact) mass is 316 g/mol. The Balaban J connectivity index is 2.05. The number of amides is 2. The third kappa shape index (κ3) is 5.08. The second-order valence-electron chi connectivity index (χ2n) is 5.20. The van der Waals surface area contributed by atoms with Crippen LogP contribution < -0.4 is 5.32 Å². The minimum absolute atomic E-state index is 0.0976. The number of nitrogens with one attached hydrogen (secondary N) is 1. The lowest BCUT2D eigenvalue weighted by Gasteiger charge is -2.23. The molecule has 0 aliphatic carbocycles. The molecule has 0 saturated heterocycles. The number of hydrogen-bond acceptors (Lipinski definition) is 1. The van der Waals surface area contributed by atoms with Crippen molar-refractivity contribution in [2.45, 2.75) is 26.3 Å². The van der Waals surface area contributed by atoms with Crippen molar-refractivity contribution < 1.29 is 4.79 Å². The van der Waals surface area contributed by atoms with Crippen LogP contribution in [-0.4, -0.2) is 17.5 Å². The molecule has 0 unspecified atom stereocenters. The second-order valence-corrected chi connectivity index (χ2v) is 5.64. The van der Waals surface area contributed by atoms with Crippen molar-refractivity contribution in [1.82, 2.24) is 4.90 Å². The van der Waals surface area contributed by atoms with Gasteiger partial charge in [-0.2, -0.15) is 0 Å². The van der Waals surface area contributed by atoms with E-state index in [9.17, 15) is 4.79 Å². The van der Waals surface area contributed by atoms with E-state index >= 15 is 0 Å². The molecule has 0 aliphatic rings. The highest BCUT2D eigenvalue weighted by Gasteiger charge is 2.13. The summed E-state index contributed by atoms with van der Waals surface area (Å²) >= 11 is 5.96. The average Bonchev–Trinajstić information content (AvgIpc) is 2.52. The number of rotatable bonds is 6. The maximum absolute atomic E-state index is 12.5.